The monoisotopic (exact) mass is 429 g/mol. The molecule has 0 spiro atoms. The van der Waals surface area contributed by atoms with Gasteiger partial charge in [-0.05, 0) is 66.0 Å². The van der Waals surface area contributed by atoms with Crippen molar-refractivity contribution in [3.63, 3.8) is 0 Å². The van der Waals surface area contributed by atoms with E-state index < -0.39 is 0 Å². The molecule has 1 aliphatic rings. The van der Waals surface area contributed by atoms with E-state index in [-0.39, 0.29) is 23.1 Å². The number of fused-ring (bicyclic) bond motifs is 1. The van der Waals surface area contributed by atoms with Crippen molar-refractivity contribution >= 4 is 39.1 Å². The van der Waals surface area contributed by atoms with E-state index in [0.717, 1.165) is 32.2 Å². The maximum atomic E-state index is 13.2. The summed E-state index contributed by atoms with van der Waals surface area (Å²) in [5.74, 6) is 0.376. The molecule has 0 aliphatic heterocycles. The van der Waals surface area contributed by atoms with Crippen molar-refractivity contribution in [2.24, 2.45) is 0 Å². The summed E-state index contributed by atoms with van der Waals surface area (Å²) < 4.78 is 4.02. The Balaban J connectivity index is 1.66. The first kappa shape index (κ1) is 20.4. The Morgan fingerprint density at radius 2 is 1.97 bits per heavy atom. The summed E-state index contributed by atoms with van der Waals surface area (Å²) in [6, 6.07) is 2.55. The van der Waals surface area contributed by atoms with Crippen LogP contribution in [0.5, 0.6) is 0 Å². The molecular weight excluding hydrogens is 402 g/mol. The molecule has 29 heavy (non-hydrogen) atoms. The lowest BCUT2D eigenvalue weighted by Gasteiger charge is -2.15. The number of rotatable bonds is 6. The van der Waals surface area contributed by atoms with Gasteiger partial charge in [-0.3, -0.25) is 14.2 Å². The number of aromatic nitrogens is 3. The number of hydrogen-bond donors (Lipinski definition) is 0. The number of aryl methyl sites for hydroxylation is 3. The van der Waals surface area contributed by atoms with Crippen LogP contribution in [0.4, 0.5) is 0 Å². The van der Waals surface area contributed by atoms with E-state index in [2.05, 4.69) is 11.5 Å². The Bertz CT molecular complexity index is 1180. The predicted molar refractivity (Wildman–Crippen MR) is 121 cm³/mol. The van der Waals surface area contributed by atoms with E-state index in [9.17, 15) is 9.59 Å². The lowest BCUT2D eigenvalue weighted by atomic mass is 10.2. The number of ketones is 1. The summed E-state index contributed by atoms with van der Waals surface area (Å²) >= 11 is 2.92. The van der Waals surface area contributed by atoms with Gasteiger partial charge >= 0.3 is 0 Å². The number of carbonyl (C=O) groups excluding carboxylic acids is 1. The maximum absolute atomic E-state index is 13.2. The highest BCUT2D eigenvalue weighted by molar-refractivity contribution is 7.99. The smallest absolute Gasteiger partial charge is 0.263 e. The minimum atomic E-state index is -0.0171. The summed E-state index contributed by atoms with van der Waals surface area (Å²) in [5, 5.41) is 1.34. The molecular formula is C22H27N3O2S2. The molecule has 0 radical (unpaired) electrons. The zero-order valence-corrected chi connectivity index (χ0v) is 19.5. The van der Waals surface area contributed by atoms with Crippen molar-refractivity contribution in [3.05, 3.63) is 43.8 Å². The molecule has 0 amide bonds. The van der Waals surface area contributed by atoms with Crippen LogP contribution in [0.3, 0.4) is 0 Å². The van der Waals surface area contributed by atoms with Crippen LogP contribution in [-0.4, -0.2) is 25.7 Å². The second-order valence-corrected chi connectivity index (χ2v) is 10.4. The van der Waals surface area contributed by atoms with Gasteiger partial charge in [0.2, 0.25) is 0 Å². The van der Waals surface area contributed by atoms with Crippen LogP contribution in [0.15, 0.2) is 16.0 Å². The van der Waals surface area contributed by atoms with E-state index >= 15 is 0 Å². The first-order chi connectivity index (χ1) is 13.7. The van der Waals surface area contributed by atoms with Gasteiger partial charge in [-0.2, -0.15) is 0 Å². The molecule has 3 aromatic heterocycles. The topological polar surface area (TPSA) is 56.9 Å². The molecule has 154 valence electrons. The number of hydrogen-bond acceptors (Lipinski definition) is 5. The molecule has 0 bridgehead atoms. The van der Waals surface area contributed by atoms with Crippen LogP contribution >= 0.6 is 23.1 Å². The van der Waals surface area contributed by atoms with Gasteiger partial charge in [-0.1, -0.05) is 11.8 Å². The fraction of sp³-hybridized carbons (Fsp3) is 0.500. The van der Waals surface area contributed by atoms with Crippen molar-refractivity contribution in [1.29, 1.82) is 0 Å². The van der Waals surface area contributed by atoms with Crippen molar-refractivity contribution in [1.82, 2.24) is 14.1 Å². The molecule has 4 rings (SSSR count). The average Bonchev–Trinajstić information content (AvgIpc) is 3.37. The fourth-order valence-corrected chi connectivity index (χ4v) is 6.09. The zero-order valence-electron chi connectivity index (χ0n) is 17.8. The summed E-state index contributed by atoms with van der Waals surface area (Å²) in [4.78, 5) is 32.8. The molecule has 0 aromatic carbocycles. The minimum Gasteiger partial charge on any atom is -0.345 e. The predicted octanol–water partition coefficient (Wildman–Crippen LogP) is 5.38. The first-order valence-electron chi connectivity index (χ1n) is 10.1. The summed E-state index contributed by atoms with van der Waals surface area (Å²) in [6.07, 6.45) is 2.39. The summed E-state index contributed by atoms with van der Waals surface area (Å²) in [6.45, 7) is 12.1. The van der Waals surface area contributed by atoms with Crippen LogP contribution in [-0.2, 0) is 0 Å². The Labute approximate surface area is 179 Å². The molecule has 7 heteroatoms. The number of Topliss-reactive ketones (excluding diaryl/α,β-unsaturated/α-hetero) is 1. The van der Waals surface area contributed by atoms with Crippen LogP contribution in [0.1, 0.15) is 71.0 Å². The van der Waals surface area contributed by atoms with E-state index in [0.29, 0.717) is 16.6 Å². The van der Waals surface area contributed by atoms with Gasteiger partial charge in [-0.25, -0.2) is 4.98 Å². The lowest BCUT2D eigenvalue weighted by molar-refractivity contribution is 0.102. The zero-order chi connectivity index (χ0) is 21.0. The van der Waals surface area contributed by atoms with E-state index in [1.165, 1.54) is 24.6 Å². The molecule has 0 saturated heterocycles. The van der Waals surface area contributed by atoms with Gasteiger partial charge in [0.1, 0.15) is 4.83 Å². The normalized spacial score (nSPS) is 14.3. The van der Waals surface area contributed by atoms with Gasteiger partial charge in [0, 0.05) is 33.9 Å². The van der Waals surface area contributed by atoms with E-state index in [1.807, 2.05) is 40.7 Å². The Kier molecular flexibility index (Phi) is 5.23. The Morgan fingerprint density at radius 1 is 1.28 bits per heavy atom. The SMILES string of the molecule is Cc1sc2nc(SCC(=O)c3cc(C)n(C4CC4)c3C)n(C(C)C)c(=O)c2c1C. The quantitative estimate of drug-likeness (QED) is 0.300. The van der Waals surface area contributed by atoms with E-state index in [1.54, 1.807) is 15.9 Å². The van der Waals surface area contributed by atoms with Crippen molar-refractivity contribution in [2.75, 3.05) is 5.75 Å². The maximum Gasteiger partial charge on any atom is 0.263 e. The van der Waals surface area contributed by atoms with Gasteiger partial charge in [-0.15, -0.1) is 11.3 Å². The van der Waals surface area contributed by atoms with Crippen LogP contribution in [0.25, 0.3) is 10.2 Å². The third-order valence-corrected chi connectivity index (χ3v) is 7.80. The second-order valence-electron chi connectivity index (χ2n) is 8.22. The van der Waals surface area contributed by atoms with Gasteiger partial charge < -0.3 is 4.57 Å². The molecule has 5 nitrogen and oxygen atoms in total. The minimum absolute atomic E-state index is 0.00582. The molecule has 0 N–H and O–H groups in total. The highest BCUT2D eigenvalue weighted by atomic mass is 32.2. The first-order valence-corrected chi connectivity index (χ1v) is 11.9. The van der Waals surface area contributed by atoms with Crippen molar-refractivity contribution in [3.8, 4) is 0 Å². The number of carbonyl (C=O) groups is 1. The lowest BCUT2D eigenvalue weighted by Crippen LogP contribution is -2.25. The van der Waals surface area contributed by atoms with Gasteiger partial charge in [0.15, 0.2) is 10.9 Å². The number of thiophene rings is 1. The highest BCUT2D eigenvalue weighted by Crippen LogP contribution is 2.38. The average molecular weight is 430 g/mol. The molecule has 1 aliphatic carbocycles. The van der Waals surface area contributed by atoms with Crippen LogP contribution in [0, 0.1) is 27.7 Å². The second kappa shape index (κ2) is 7.43. The van der Waals surface area contributed by atoms with Crippen LogP contribution < -0.4 is 5.56 Å². The van der Waals surface area contributed by atoms with Crippen molar-refractivity contribution < 1.29 is 4.79 Å². The number of thioether (sulfide) groups is 1. The molecule has 1 saturated carbocycles. The van der Waals surface area contributed by atoms with Gasteiger partial charge in [0.25, 0.3) is 5.56 Å². The molecule has 1 fully saturated rings. The molecule has 3 aromatic rings. The van der Waals surface area contributed by atoms with E-state index in [4.69, 9.17) is 4.98 Å². The molecule has 0 unspecified atom stereocenters. The third kappa shape index (κ3) is 3.48. The summed E-state index contributed by atoms with van der Waals surface area (Å²) in [5.41, 5.74) is 4.02. The van der Waals surface area contributed by atoms with Crippen LogP contribution in [0.2, 0.25) is 0 Å². The third-order valence-electron chi connectivity index (χ3n) is 5.75. The van der Waals surface area contributed by atoms with Crippen molar-refractivity contribution in [2.45, 2.75) is 71.6 Å². The molecule has 3 heterocycles. The standard InChI is InChI=1S/C22H27N3O2S2/c1-11(2)24-21(27)19-13(4)15(6)29-20(19)23-22(24)28-10-18(26)17-9-12(3)25(14(17)5)16-7-8-16/h9,11,16H,7-8,10H2,1-6H3. The Morgan fingerprint density at radius 3 is 2.59 bits per heavy atom. The Hall–Kier alpha value is -1.86. The number of nitrogens with zero attached hydrogens (tertiary/aromatic N) is 3. The van der Waals surface area contributed by atoms with Gasteiger partial charge in [0.05, 0.1) is 11.1 Å². The highest BCUT2D eigenvalue weighted by Gasteiger charge is 2.28. The molecule has 0 atom stereocenters. The fourth-order valence-electron chi connectivity index (χ4n) is 4.01. The largest absolute Gasteiger partial charge is 0.345 e. The summed E-state index contributed by atoms with van der Waals surface area (Å²) in [7, 11) is 0.